The molecule has 0 radical (unpaired) electrons. The van der Waals surface area contributed by atoms with E-state index in [9.17, 15) is 0 Å². The summed E-state index contributed by atoms with van der Waals surface area (Å²) in [5.74, 6) is 0.681. The van der Waals surface area contributed by atoms with E-state index in [0.29, 0.717) is 10.7 Å². The van der Waals surface area contributed by atoms with Crippen molar-refractivity contribution in [3.8, 4) is 5.88 Å². The predicted molar refractivity (Wildman–Crippen MR) is 52.9 cm³/mol. The lowest BCUT2D eigenvalue weighted by atomic mass is 10.2. The summed E-state index contributed by atoms with van der Waals surface area (Å²) in [7, 11) is 1.63. The first-order chi connectivity index (χ1) is 5.72. The van der Waals surface area contributed by atoms with Gasteiger partial charge in [0, 0.05) is 23.0 Å². The Morgan fingerprint density at radius 2 is 2.33 bits per heavy atom. The third-order valence-corrected chi connectivity index (χ3v) is 1.80. The first kappa shape index (κ1) is 9.52. The number of hydrogen-bond acceptors (Lipinski definition) is 2. The third kappa shape index (κ3) is 2.81. The number of alkyl halides is 1. The fourth-order valence-corrected chi connectivity index (χ4v) is 1.30. The molecule has 0 aliphatic carbocycles. The van der Waals surface area contributed by atoms with Gasteiger partial charge in [-0.3, -0.25) is 0 Å². The van der Waals surface area contributed by atoms with Crippen molar-refractivity contribution in [2.24, 2.45) is 0 Å². The van der Waals surface area contributed by atoms with Crippen LogP contribution in [0.3, 0.4) is 0 Å². The first-order valence-electron chi connectivity index (χ1n) is 3.86. The maximum absolute atomic E-state index is 5.01. The van der Waals surface area contributed by atoms with Crippen LogP contribution in [0.25, 0.3) is 0 Å². The van der Waals surface area contributed by atoms with E-state index in [1.807, 2.05) is 18.2 Å². The van der Waals surface area contributed by atoms with Crippen molar-refractivity contribution in [2.75, 3.05) is 7.11 Å². The molecule has 0 bridgehead atoms. The summed E-state index contributed by atoms with van der Waals surface area (Å²) in [6, 6.07) is 5.80. The lowest BCUT2D eigenvalue weighted by molar-refractivity contribution is 0.396. The molecule has 0 aliphatic heterocycles. The largest absolute Gasteiger partial charge is 0.481 e. The van der Waals surface area contributed by atoms with Crippen LogP contribution in [-0.2, 0) is 6.42 Å². The van der Waals surface area contributed by atoms with Gasteiger partial charge in [0.1, 0.15) is 0 Å². The lowest BCUT2D eigenvalue weighted by Crippen LogP contribution is -1.99. The SMILES string of the molecule is COc1cccc(CC(C)Br)n1. The molecule has 1 aromatic rings. The molecule has 1 aromatic heterocycles. The maximum Gasteiger partial charge on any atom is 0.213 e. The summed E-state index contributed by atoms with van der Waals surface area (Å²) in [6.45, 7) is 2.10. The van der Waals surface area contributed by atoms with Gasteiger partial charge in [0.2, 0.25) is 5.88 Å². The van der Waals surface area contributed by atoms with Crippen LogP contribution in [0.5, 0.6) is 5.88 Å². The summed E-state index contributed by atoms with van der Waals surface area (Å²) in [4.78, 5) is 4.73. The number of pyridine rings is 1. The smallest absolute Gasteiger partial charge is 0.213 e. The predicted octanol–water partition coefficient (Wildman–Crippen LogP) is 2.42. The highest BCUT2D eigenvalue weighted by molar-refractivity contribution is 9.09. The maximum atomic E-state index is 5.01. The van der Waals surface area contributed by atoms with Crippen molar-refractivity contribution in [3.05, 3.63) is 23.9 Å². The van der Waals surface area contributed by atoms with Gasteiger partial charge >= 0.3 is 0 Å². The standard InChI is InChI=1S/C9H12BrNO/c1-7(10)6-8-4-3-5-9(11-8)12-2/h3-5,7H,6H2,1-2H3. The molecule has 1 heterocycles. The second kappa shape index (κ2) is 4.45. The Morgan fingerprint density at radius 1 is 1.58 bits per heavy atom. The summed E-state index contributed by atoms with van der Waals surface area (Å²) >= 11 is 3.48. The van der Waals surface area contributed by atoms with Crippen molar-refractivity contribution >= 4 is 15.9 Å². The molecule has 12 heavy (non-hydrogen) atoms. The Bertz CT molecular complexity index is 250. The average molecular weight is 230 g/mol. The lowest BCUT2D eigenvalue weighted by Gasteiger charge is -2.04. The summed E-state index contributed by atoms with van der Waals surface area (Å²) in [5.41, 5.74) is 1.05. The van der Waals surface area contributed by atoms with Crippen LogP contribution in [-0.4, -0.2) is 16.9 Å². The number of rotatable bonds is 3. The van der Waals surface area contributed by atoms with Gasteiger partial charge in [-0.05, 0) is 6.07 Å². The van der Waals surface area contributed by atoms with Crippen LogP contribution in [0.15, 0.2) is 18.2 Å². The van der Waals surface area contributed by atoms with E-state index in [0.717, 1.165) is 12.1 Å². The van der Waals surface area contributed by atoms with E-state index >= 15 is 0 Å². The summed E-state index contributed by atoms with van der Waals surface area (Å²) in [6.07, 6.45) is 0.928. The minimum Gasteiger partial charge on any atom is -0.481 e. The Hall–Kier alpha value is -0.570. The fraction of sp³-hybridized carbons (Fsp3) is 0.444. The molecule has 0 aromatic carbocycles. The van der Waals surface area contributed by atoms with Crippen molar-refractivity contribution in [3.63, 3.8) is 0 Å². The second-order valence-electron chi connectivity index (χ2n) is 2.66. The van der Waals surface area contributed by atoms with Crippen molar-refractivity contribution in [1.29, 1.82) is 0 Å². The Balaban J connectivity index is 2.72. The minimum atomic E-state index is 0.456. The van der Waals surface area contributed by atoms with Crippen LogP contribution in [0.2, 0.25) is 0 Å². The fourth-order valence-electron chi connectivity index (χ4n) is 0.973. The van der Waals surface area contributed by atoms with Gasteiger partial charge in [-0.15, -0.1) is 0 Å². The van der Waals surface area contributed by atoms with Crippen molar-refractivity contribution < 1.29 is 4.74 Å². The molecule has 0 spiro atoms. The quantitative estimate of drug-likeness (QED) is 0.744. The van der Waals surface area contributed by atoms with Gasteiger partial charge in [-0.2, -0.15) is 0 Å². The van der Waals surface area contributed by atoms with Gasteiger partial charge in [-0.25, -0.2) is 4.98 Å². The topological polar surface area (TPSA) is 22.1 Å². The monoisotopic (exact) mass is 229 g/mol. The highest BCUT2D eigenvalue weighted by Gasteiger charge is 2.00. The Morgan fingerprint density at radius 3 is 2.92 bits per heavy atom. The highest BCUT2D eigenvalue weighted by Crippen LogP contribution is 2.11. The van der Waals surface area contributed by atoms with E-state index < -0.39 is 0 Å². The third-order valence-electron chi connectivity index (χ3n) is 1.48. The second-order valence-corrected chi connectivity index (χ2v) is 4.22. The Labute approximate surface area is 81.1 Å². The molecule has 0 aliphatic rings. The van der Waals surface area contributed by atoms with Crippen LogP contribution < -0.4 is 4.74 Å². The van der Waals surface area contributed by atoms with Crippen LogP contribution >= 0.6 is 15.9 Å². The molecule has 2 nitrogen and oxygen atoms in total. The molecular weight excluding hydrogens is 218 g/mol. The molecule has 0 amide bonds. The summed E-state index contributed by atoms with van der Waals surface area (Å²) < 4.78 is 5.01. The molecule has 0 saturated heterocycles. The number of methoxy groups -OCH3 is 1. The minimum absolute atomic E-state index is 0.456. The zero-order valence-corrected chi connectivity index (χ0v) is 8.84. The van der Waals surface area contributed by atoms with Gasteiger partial charge in [-0.1, -0.05) is 28.9 Å². The zero-order chi connectivity index (χ0) is 8.97. The summed E-state index contributed by atoms with van der Waals surface area (Å²) in [5, 5.41) is 0. The molecule has 0 fully saturated rings. The van der Waals surface area contributed by atoms with Crippen LogP contribution in [0.1, 0.15) is 12.6 Å². The highest BCUT2D eigenvalue weighted by atomic mass is 79.9. The number of aromatic nitrogens is 1. The van der Waals surface area contributed by atoms with Gasteiger partial charge in [0.05, 0.1) is 7.11 Å². The van der Waals surface area contributed by atoms with E-state index in [4.69, 9.17) is 4.74 Å². The van der Waals surface area contributed by atoms with E-state index in [2.05, 4.69) is 27.8 Å². The number of hydrogen-bond donors (Lipinski definition) is 0. The molecular formula is C9H12BrNO. The average Bonchev–Trinajstić information content (AvgIpc) is 2.03. The van der Waals surface area contributed by atoms with Crippen molar-refractivity contribution in [1.82, 2.24) is 4.98 Å². The zero-order valence-electron chi connectivity index (χ0n) is 7.25. The van der Waals surface area contributed by atoms with E-state index in [1.54, 1.807) is 7.11 Å². The van der Waals surface area contributed by atoms with Gasteiger partial charge in [0.15, 0.2) is 0 Å². The molecule has 1 atom stereocenters. The molecule has 0 saturated carbocycles. The van der Waals surface area contributed by atoms with Gasteiger partial charge < -0.3 is 4.74 Å². The first-order valence-corrected chi connectivity index (χ1v) is 4.78. The molecule has 66 valence electrons. The normalized spacial score (nSPS) is 12.6. The molecule has 1 rings (SSSR count). The van der Waals surface area contributed by atoms with Crippen LogP contribution in [0, 0.1) is 0 Å². The van der Waals surface area contributed by atoms with E-state index in [1.165, 1.54) is 0 Å². The number of nitrogens with zero attached hydrogens (tertiary/aromatic N) is 1. The number of halogens is 1. The van der Waals surface area contributed by atoms with Crippen molar-refractivity contribution in [2.45, 2.75) is 18.2 Å². The Kier molecular flexibility index (Phi) is 3.53. The molecule has 3 heteroatoms. The van der Waals surface area contributed by atoms with Gasteiger partial charge in [0.25, 0.3) is 0 Å². The molecule has 1 unspecified atom stereocenters. The molecule has 0 N–H and O–H groups in total. The van der Waals surface area contributed by atoms with E-state index in [-0.39, 0.29) is 0 Å². The van der Waals surface area contributed by atoms with Crippen LogP contribution in [0.4, 0.5) is 0 Å². The number of ether oxygens (including phenoxy) is 1.